The van der Waals surface area contributed by atoms with Crippen LogP contribution < -0.4 is 5.32 Å². The van der Waals surface area contributed by atoms with Crippen LogP contribution >= 0.6 is 0 Å². The Morgan fingerprint density at radius 1 is 1.15 bits per heavy atom. The Balaban J connectivity index is 0.00000338. The number of carbonyl (C=O) groups excluding carboxylic acids is 1. The van der Waals surface area contributed by atoms with Gasteiger partial charge in [0, 0.05) is 54.3 Å². The number of hydrogen-bond acceptors (Lipinski definition) is 5. The molecule has 0 aliphatic heterocycles. The summed E-state index contributed by atoms with van der Waals surface area (Å²) < 4.78 is 32.2. The molecule has 0 saturated heterocycles. The van der Waals surface area contributed by atoms with Crippen molar-refractivity contribution in [2.24, 2.45) is 0 Å². The zero-order valence-corrected chi connectivity index (χ0v) is 16.9. The normalized spacial score (nSPS) is 11.0. The molecule has 2 aromatic carbocycles. The molecule has 0 spiro atoms. The molecule has 0 bridgehead atoms. The van der Waals surface area contributed by atoms with E-state index in [0.29, 0.717) is 11.3 Å². The van der Waals surface area contributed by atoms with E-state index < -0.39 is 25.6 Å². The Hall–Kier alpha value is -2.04. The molecule has 0 unspecified atom stereocenters. The van der Waals surface area contributed by atoms with Gasteiger partial charge in [0.2, 0.25) is 5.91 Å². The Morgan fingerprint density at radius 2 is 1.77 bits per heavy atom. The van der Waals surface area contributed by atoms with Crippen molar-refractivity contribution in [1.82, 2.24) is 0 Å². The largest absolute Gasteiger partial charge is 0.326 e. The van der Waals surface area contributed by atoms with Gasteiger partial charge in [0.05, 0.1) is 4.92 Å². The number of rotatable bonds is 5. The summed E-state index contributed by atoms with van der Waals surface area (Å²) in [7, 11) is -4.62. The van der Waals surface area contributed by atoms with Gasteiger partial charge in [-0.2, -0.15) is 8.42 Å². The van der Waals surface area contributed by atoms with E-state index in [1.807, 2.05) is 0 Å². The summed E-state index contributed by atoms with van der Waals surface area (Å²) >= 11 is 0. The number of nitrogens with zero attached hydrogens (tertiary/aromatic N) is 1. The SMILES string of the molecule is CC(=O)Nc1ccc(C=Cc2ccc([N+](=O)[O-])cc2S(=O)(=O)O)cc1.[Na]. The fraction of sp³-hybridized carbons (Fsp3) is 0.0625. The molecule has 0 fully saturated rings. The van der Waals surface area contributed by atoms with Crippen molar-refractivity contribution < 1.29 is 22.7 Å². The number of anilines is 1. The summed E-state index contributed by atoms with van der Waals surface area (Å²) in [6.45, 7) is 1.39. The fourth-order valence-electron chi connectivity index (χ4n) is 2.06. The second kappa shape index (κ2) is 9.06. The molecule has 0 aliphatic rings. The number of benzene rings is 2. The van der Waals surface area contributed by atoms with Gasteiger partial charge in [-0.3, -0.25) is 19.5 Å². The van der Waals surface area contributed by atoms with Gasteiger partial charge in [-0.25, -0.2) is 0 Å². The van der Waals surface area contributed by atoms with Crippen LogP contribution in [-0.2, 0) is 14.9 Å². The first-order valence-electron chi connectivity index (χ1n) is 6.98. The van der Waals surface area contributed by atoms with Gasteiger partial charge in [-0.05, 0) is 29.3 Å². The molecule has 2 rings (SSSR count). The third-order valence-electron chi connectivity index (χ3n) is 3.17. The van der Waals surface area contributed by atoms with Gasteiger partial charge in [0.15, 0.2) is 0 Å². The standard InChI is InChI=1S/C16H14N2O6S.Na/c1-11(19)17-14-7-3-12(4-8-14)2-5-13-6-9-15(18(20)21)10-16(13)25(22,23)24;/h2-10H,1H3,(H,17,19)(H,22,23,24);. The maximum atomic E-state index is 11.4. The Labute approximate surface area is 172 Å². The Morgan fingerprint density at radius 3 is 2.27 bits per heavy atom. The minimum atomic E-state index is -4.62. The van der Waals surface area contributed by atoms with Crippen LogP contribution in [-0.4, -0.2) is 53.4 Å². The van der Waals surface area contributed by atoms with Crippen molar-refractivity contribution in [1.29, 1.82) is 0 Å². The topological polar surface area (TPSA) is 127 Å². The summed E-state index contributed by atoms with van der Waals surface area (Å²) in [6, 6.07) is 9.91. The van der Waals surface area contributed by atoms with E-state index in [9.17, 15) is 27.9 Å². The maximum absolute atomic E-state index is 11.4. The first-order valence-corrected chi connectivity index (χ1v) is 8.42. The molecule has 26 heavy (non-hydrogen) atoms. The number of hydrogen-bond donors (Lipinski definition) is 2. The van der Waals surface area contributed by atoms with Gasteiger partial charge in [-0.15, -0.1) is 0 Å². The second-order valence-electron chi connectivity index (χ2n) is 5.09. The Bertz CT molecular complexity index is 955. The molecule has 10 heteroatoms. The Kier molecular flexibility index (Phi) is 7.67. The number of carbonyl (C=O) groups is 1. The molecule has 131 valence electrons. The van der Waals surface area contributed by atoms with Crippen molar-refractivity contribution in [3.8, 4) is 0 Å². The number of non-ortho nitro benzene ring substituents is 1. The summed E-state index contributed by atoms with van der Waals surface area (Å²) in [4.78, 5) is 20.4. The average Bonchev–Trinajstić information content (AvgIpc) is 2.52. The van der Waals surface area contributed by atoms with E-state index in [1.165, 1.54) is 19.1 Å². The minimum Gasteiger partial charge on any atom is -0.326 e. The summed E-state index contributed by atoms with van der Waals surface area (Å²) in [5.74, 6) is -0.202. The van der Waals surface area contributed by atoms with Crippen molar-refractivity contribution in [2.45, 2.75) is 11.8 Å². The van der Waals surface area contributed by atoms with Crippen LogP contribution in [0.2, 0.25) is 0 Å². The average molecular weight is 385 g/mol. The molecule has 1 radical (unpaired) electrons. The van der Waals surface area contributed by atoms with Crippen LogP contribution in [0, 0.1) is 10.1 Å². The molecule has 2 N–H and O–H groups in total. The van der Waals surface area contributed by atoms with Crippen molar-refractivity contribution in [3.05, 3.63) is 63.7 Å². The van der Waals surface area contributed by atoms with Crippen LogP contribution in [0.5, 0.6) is 0 Å². The van der Waals surface area contributed by atoms with Crippen molar-refractivity contribution in [2.75, 3.05) is 5.32 Å². The van der Waals surface area contributed by atoms with Gasteiger partial charge >= 0.3 is 0 Å². The van der Waals surface area contributed by atoms with Crippen molar-refractivity contribution in [3.63, 3.8) is 0 Å². The summed E-state index contributed by atoms with van der Waals surface area (Å²) in [6.07, 6.45) is 2.99. The first kappa shape index (κ1) is 22.0. The number of nitrogens with one attached hydrogen (secondary N) is 1. The second-order valence-corrected chi connectivity index (χ2v) is 6.48. The van der Waals surface area contributed by atoms with Gasteiger partial charge < -0.3 is 5.32 Å². The van der Waals surface area contributed by atoms with Crippen molar-refractivity contribution >= 4 is 69.1 Å². The number of nitro benzene ring substituents is 1. The van der Waals surface area contributed by atoms with Gasteiger partial charge in [-0.1, -0.05) is 24.3 Å². The molecule has 0 heterocycles. The third-order valence-corrected chi connectivity index (χ3v) is 4.08. The maximum Gasteiger partial charge on any atom is 0.295 e. The van der Waals surface area contributed by atoms with E-state index in [1.54, 1.807) is 30.3 Å². The first-order chi connectivity index (χ1) is 11.7. The smallest absolute Gasteiger partial charge is 0.295 e. The molecule has 0 saturated carbocycles. The van der Waals surface area contributed by atoms with Crippen LogP contribution in [0.4, 0.5) is 11.4 Å². The van der Waals surface area contributed by atoms with Crippen LogP contribution in [0.1, 0.15) is 18.1 Å². The molecule has 8 nitrogen and oxygen atoms in total. The minimum absolute atomic E-state index is 0. The zero-order valence-electron chi connectivity index (χ0n) is 14.0. The fourth-order valence-corrected chi connectivity index (χ4v) is 2.77. The van der Waals surface area contributed by atoms with Gasteiger partial charge in [0.1, 0.15) is 4.90 Å². The van der Waals surface area contributed by atoms with Crippen LogP contribution in [0.3, 0.4) is 0 Å². The zero-order chi connectivity index (χ0) is 18.6. The van der Waals surface area contributed by atoms with Crippen LogP contribution in [0.15, 0.2) is 47.4 Å². The number of nitro groups is 1. The van der Waals surface area contributed by atoms with E-state index in [0.717, 1.165) is 12.1 Å². The molecule has 0 aliphatic carbocycles. The molecular weight excluding hydrogens is 371 g/mol. The molecule has 1 amide bonds. The monoisotopic (exact) mass is 385 g/mol. The van der Waals surface area contributed by atoms with Crippen LogP contribution in [0.25, 0.3) is 12.2 Å². The van der Waals surface area contributed by atoms with E-state index in [2.05, 4.69) is 5.32 Å². The summed E-state index contributed by atoms with van der Waals surface area (Å²) in [5, 5.41) is 13.4. The number of amides is 1. The molecular formula is C16H14N2NaO6S. The van der Waals surface area contributed by atoms with E-state index in [-0.39, 0.29) is 41.0 Å². The third kappa shape index (κ3) is 6.04. The van der Waals surface area contributed by atoms with Gasteiger partial charge in [0.25, 0.3) is 15.8 Å². The molecule has 2 aromatic rings. The predicted molar refractivity (Wildman–Crippen MR) is 98.3 cm³/mol. The van der Waals surface area contributed by atoms with E-state index in [4.69, 9.17) is 0 Å². The molecule has 0 aromatic heterocycles. The molecule has 0 atom stereocenters. The summed E-state index contributed by atoms with van der Waals surface area (Å²) in [5.41, 5.74) is 0.982. The van der Waals surface area contributed by atoms with E-state index >= 15 is 0 Å². The quantitative estimate of drug-likeness (QED) is 0.268. The predicted octanol–water partition coefficient (Wildman–Crippen LogP) is 2.59.